The van der Waals surface area contributed by atoms with Crippen LogP contribution < -0.4 is 0 Å². The summed E-state index contributed by atoms with van der Waals surface area (Å²) in [4.78, 5) is 3.89. The number of nitriles is 2. The first-order valence-electron chi connectivity index (χ1n) is 3.55. The summed E-state index contributed by atoms with van der Waals surface area (Å²) in [5, 5.41) is 17.0. The van der Waals surface area contributed by atoms with E-state index in [2.05, 4.69) is 4.98 Å². The lowest BCUT2D eigenvalue weighted by atomic mass is 10.0. The van der Waals surface area contributed by atoms with Gasteiger partial charge in [-0.1, -0.05) is 6.07 Å². The normalized spacial score (nSPS) is 8.92. The van der Waals surface area contributed by atoms with E-state index >= 15 is 0 Å². The van der Waals surface area contributed by atoms with Crippen LogP contribution in [0.2, 0.25) is 0 Å². The second-order valence-electron chi connectivity index (χ2n) is 2.38. The van der Waals surface area contributed by atoms with E-state index in [1.54, 1.807) is 18.5 Å². The molecule has 1 heterocycles. The zero-order chi connectivity index (χ0) is 8.81. The summed E-state index contributed by atoms with van der Waals surface area (Å²) in [5.41, 5.74) is 0.922. The Kier molecular flexibility index (Phi) is 2.81. The van der Waals surface area contributed by atoms with Gasteiger partial charge in [-0.25, -0.2) is 0 Å². The van der Waals surface area contributed by atoms with E-state index in [-0.39, 0.29) is 0 Å². The smallest absolute Gasteiger partial charge is 0.137 e. The standard InChI is InChI=1S/C9H7N3/c10-5-9(6-11)4-8-2-1-3-12-7-8/h1-3,7,9H,4H2. The van der Waals surface area contributed by atoms with Crippen molar-refractivity contribution in [2.45, 2.75) is 6.42 Å². The van der Waals surface area contributed by atoms with Crippen molar-refractivity contribution in [2.24, 2.45) is 5.92 Å². The van der Waals surface area contributed by atoms with E-state index in [0.717, 1.165) is 5.56 Å². The maximum Gasteiger partial charge on any atom is 0.137 e. The fraction of sp³-hybridized carbons (Fsp3) is 0.222. The number of aromatic nitrogens is 1. The van der Waals surface area contributed by atoms with Crippen LogP contribution in [0.25, 0.3) is 0 Å². The molecule has 3 heteroatoms. The zero-order valence-electron chi connectivity index (χ0n) is 6.44. The molecule has 0 unspecified atom stereocenters. The Morgan fingerprint density at radius 1 is 1.42 bits per heavy atom. The van der Waals surface area contributed by atoms with Crippen molar-refractivity contribution in [3.8, 4) is 12.1 Å². The molecule has 12 heavy (non-hydrogen) atoms. The van der Waals surface area contributed by atoms with Crippen molar-refractivity contribution in [2.75, 3.05) is 0 Å². The van der Waals surface area contributed by atoms with Crippen LogP contribution in [-0.2, 0) is 6.42 Å². The van der Waals surface area contributed by atoms with Gasteiger partial charge in [0.2, 0.25) is 0 Å². The molecule has 0 aliphatic heterocycles. The molecule has 0 atom stereocenters. The zero-order valence-corrected chi connectivity index (χ0v) is 6.44. The van der Waals surface area contributed by atoms with E-state index < -0.39 is 5.92 Å². The third-order valence-electron chi connectivity index (χ3n) is 1.47. The minimum atomic E-state index is -0.561. The fourth-order valence-corrected chi connectivity index (χ4v) is 0.875. The van der Waals surface area contributed by atoms with E-state index in [9.17, 15) is 0 Å². The molecule has 0 amide bonds. The lowest BCUT2D eigenvalue weighted by Crippen LogP contribution is -1.98. The van der Waals surface area contributed by atoms with Crippen LogP contribution in [-0.4, -0.2) is 4.98 Å². The van der Waals surface area contributed by atoms with Gasteiger partial charge in [-0.2, -0.15) is 10.5 Å². The Balaban J connectivity index is 2.66. The molecule has 1 aromatic heterocycles. The first kappa shape index (κ1) is 8.23. The monoisotopic (exact) mass is 157 g/mol. The Bertz CT molecular complexity index is 304. The molecule has 0 radical (unpaired) electrons. The number of hydrogen-bond acceptors (Lipinski definition) is 3. The largest absolute Gasteiger partial charge is 0.264 e. The average Bonchev–Trinajstić information content (AvgIpc) is 2.16. The fourth-order valence-electron chi connectivity index (χ4n) is 0.875. The SMILES string of the molecule is N#CC(C#N)Cc1cccnc1. The van der Waals surface area contributed by atoms with Crippen LogP contribution in [0.5, 0.6) is 0 Å². The summed E-state index contributed by atoms with van der Waals surface area (Å²) in [6, 6.07) is 7.47. The molecular formula is C9H7N3. The molecule has 1 aromatic rings. The van der Waals surface area contributed by atoms with Gasteiger partial charge in [0.05, 0.1) is 12.1 Å². The lowest BCUT2D eigenvalue weighted by Gasteiger charge is -1.97. The molecule has 0 N–H and O–H groups in total. The number of pyridine rings is 1. The lowest BCUT2D eigenvalue weighted by molar-refractivity contribution is 0.829. The van der Waals surface area contributed by atoms with Crippen molar-refractivity contribution in [1.82, 2.24) is 4.98 Å². The van der Waals surface area contributed by atoms with Gasteiger partial charge in [0.1, 0.15) is 5.92 Å². The van der Waals surface area contributed by atoms with E-state index in [1.807, 2.05) is 18.2 Å². The average molecular weight is 157 g/mol. The van der Waals surface area contributed by atoms with Gasteiger partial charge in [-0.15, -0.1) is 0 Å². The molecule has 0 fully saturated rings. The Morgan fingerprint density at radius 2 is 2.17 bits per heavy atom. The van der Waals surface area contributed by atoms with E-state index in [1.165, 1.54) is 0 Å². The molecule has 0 saturated heterocycles. The van der Waals surface area contributed by atoms with Crippen molar-refractivity contribution in [3.63, 3.8) is 0 Å². The topological polar surface area (TPSA) is 60.5 Å². The van der Waals surface area contributed by atoms with Gasteiger partial charge in [0.15, 0.2) is 0 Å². The maximum atomic E-state index is 8.49. The molecule has 0 bridgehead atoms. The molecule has 1 rings (SSSR count). The van der Waals surface area contributed by atoms with Gasteiger partial charge in [0.25, 0.3) is 0 Å². The molecular weight excluding hydrogens is 150 g/mol. The van der Waals surface area contributed by atoms with Gasteiger partial charge in [-0.3, -0.25) is 4.98 Å². The number of rotatable bonds is 2. The minimum absolute atomic E-state index is 0.459. The Hall–Kier alpha value is -1.87. The van der Waals surface area contributed by atoms with E-state index in [0.29, 0.717) is 6.42 Å². The maximum absolute atomic E-state index is 8.49. The third kappa shape index (κ3) is 2.07. The molecule has 58 valence electrons. The quantitative estimate of drug-likeness (QED) is 0.649. The second-order valence-corrected chi connectivity index (χ2v) is 2.38. The van der Waals surface area contributed by atoms with E-state index in [4.69, 9.17) is 10.5 Å². The molecule has 0 spiro atoms. The predicted octanol–water partition coefficient (Wildman–Crippen LogP) is 1.29. The van der Waals surface area contributed by atoms with Crippen LogP contribution in [0.1, 0.15) is 5.56 Å². The van der Waals surface area contributed by atoms with Crippen LogP contribution >= 0.6 is 0 Å². The van der Waals surface area contributed by atoms with Gasteiger partial charge < -0.3 is 0 Å². The summed E-state index contributed by atoms with van der Waals surface area (Å²) in [6.07, 6.45) is 3.79. The minimum Gasteiger partial charge on any atom is -0.264 e. The molecule has 0 aliphatic carbocycles. The first-order valence-corrected chi connectivity index (χ1v) is 3.55. The summed E-state index contributed by atoms with van der Waals surface area (Å²) in [6.45, 7) is 0. The summed E-state index contributed by atoms with van der Waals surface area (Å²) >= 11 is 0. The summed E-state index contributed by atoms with van der Waals surface area (Å²) in [7, 11) is 0. The highest BCUT2D eigenvalue weighted by molar-refractivity contribution is 5.14. The van der Waals surface area contributed by atoms with Crippen LogP contribution in [0.4, 0.5) is 0 Å². The predicted molar refractivity (Wildman–Crippen MR) is 42.7 cm³/mol. The third-order valence-corrected chi connectivity index (χ3v) is 1.47. The highest BCUT2D eigenvalue weighted by Gasteiger charge is 2.05. The van der Waals surface area contributed by atoms with Gasteiger partial charge in [-0.05, 0) is 11.6 Å². The first-order chi connectivity index (χ1) is 5.86. The summed E-state index contributed by atoms with van der Waals surface area (Å²) < 4.78 is 0. The van der Waals surface area contributed by atoms with Gasteiger partial charge in [0, 0.05) is 18.8 Å². The van der Waals surface area contributed by atoms with Crippen LogP contribution in [0, 0.1) is 28.6 Å². The van der Waals surface area contributed by atoms with Crippen molar-refractivity contribution in [1.29, 1.82) is 10.5 Å². The second kappa shape index (κ2) is 4.10. The molecule has 0 aliphatic rings. The molecule has 0 saturated carbocycles. The summed E-state index contributed by atoms with van der Waals surface area (Å²) in [5.74, 6) is -0.561. The number of nitrogens with zero attached hydrogens (tertiary/aromatic N) is 3. The highest BCUT2D eigenvalue weighted by Crippen LogP contribution is 2.04. The molecule has 3 nitrogen and oxygen atoms in total. The number of hydrogen-bond donors (Lipinski definition) is 0. The van der Waals surface area contributed by atoms with Gasteiger partial charge >= 0.3 is 0 Å². The Morgan fingerprint density at radius 3 is 2.67 bits per heavy atom. The Labute approximate surface area is 70.9 Å². The van der Waals surface area contributed by atoms with Crippen molar-refractivity contribution < 1.29 is 0 Å². The van der Waals surface area contributed by atoms with Crippen molar-refractivity contribution >= 4 is 0 Å². The van der Waals surface area contributed by atoms with Crippen LogP contribution in [0.15, 0.2) is 24.5 Å². The van der Waals surface area contributed by atoms with Crippen LogP contribution in [0.3, 0.4) is 0 Å². The van der Waals surface area contributed by atoms with Crippen molar-refractivity contribution in [3.05, 3.63) is 30.1 Å². The highest BCUT2D eigenvalue weighted by atomic mass is 14.6. The molecule has 0 aromatic carbocycles.